The lowest BCUT2D eigenvalue weighted by Gasteiger charge is -2.43. The fourth-order valence-corrected chi connectivity index (χ4v) is 13.7. The fourth-order valence-electron chi connectivity index (χ4n) is 13.7. The summed E-state index contributed by atoms with van der Waals surface area (Å²) in [6.45, 7) is 33.7. The van der Waals surface area contributed by atoms with E-state index in [4.69, 9.17) is 0 Å². The van der Waals surface area contributed by atoms with Crippen LogP contribution < -0.4 is 15.7 Å². The molecule has 2 nitrogen and oxygen atoms in total. The standard InChI is InChI=1S/C64H65BN2/c1-59(2,3)36-19-22-38(23-20-36)67-56-33-44-43-31-51-52(62(9,10)28-27-61(51,7)8)34-49(43)64(13,14)48(44)32-46(56)40-24-25-41-45-30-42-39-17-15-16-18-47(39)63(11,12)50(42)35-55(45)66-54-26-21-37(60(4,5)6)29-53(54)65(67)57(40)58(41)66/h15-26,29-35H,27-28H2,1-14H3. The highest BCUT2D eigenvalue weighted by Gasteiger charge is 2.48. The van der Waals surface area contributed by atoms with E-state index in [0.29, 0.717) is 0 Å². The summed E-state index contributed by atoms with van der Waals surface area (Å²) < 4.78 is 2.67. The van der Waals surface area contributed by atoms with E-state index in [1.165, 1.54) is 135 Å². The van der Waals surface area contributed by atoms with Crippen molar-refractivity contribution in [2.24, 2.45) is 0 Å². The zero-order valence-electron chi connectivity index (χ0n) is 42.4. The van der Waals surface area contributed by atoms with Crippen LogP contribution >= 0.6 is 0 Å². The van der Waals surface area contributed by atoms with Crippen LogP contribution in [0.4, 0.5) is 11.4 Å². The summed E-state index contributed by atoms with van der Waals surface area (Å²) >= 11 is 0. The predicted molar refractivity (Wildman–Crippen MR) is 288 cm³/mol. The third-order valence-corrected chi connectivity index (χ3v) is 18.0. The van der Waals surface area contributed by atoms with Gasteiger partial charge in [-0.1, -0.05) is 164 Å². The molecule has 0 bridgehead atoms. The Morgan fingerprint density at radius 1 is 0.448 bits per heavy atom. The number of benzene rings is 7. The maximum atomic E-state index is 2.76. The molecule has 5 aliphatic rings. The van der Waals surface area contributed by atoms with Gasteiger partial charge in [-0.25, -0.2) is 0 Å². The van der Waals surface area contributed by atoms with Crippen LogP contribution in [-0.2, 0) is 32.5 Å². The Labute approximate surface area is 399 Å². The maximum absolute atomic E-state index is 2.76. The van der Waals surface area contributed by atoms with Crippen LogP contribution in [0.15, 0.2) is 115 Å². The first-order valence-electron chi connectivity index (χ1n) is 25.2. The molecule has 7 aromatic carbocycles. The van der Waals surface area contributed by atoms with Crippen molar-refractivity contribution in [1.82, 2.24) is 4.57 Å². The van der Waals surface area contributed by atoms with Gasteiger partial charge in [-0.2, -0.15) is 0 Å². The molecule has 13 rings (SSSR count). The lowest BCUT2D eigenvalue weighted by Crippen LogP contribution is -2.60. The molecular formula is C64H65BN2. The van der Waals surface area contributed by atoms with Crippen LogP contribution in [0, 0.1) is 0 Å². The molecule has 67 heavy (non-hydrogen) atoms. The molecule has 3 heteroatoms. The Hall–Kier alpha value is -5.80. The Morgan fingerprint density at radius 3 is 1.73 bits per heavy atom. The van der Waals surface area contributed by atoms with Crippen molar-refractivity contribution >= 4 is 51.0 Å². The molecule has 334 valence electrons. The first-order chi connectivity index (χ1) is 31.5. The van der Waals surface area contributed by atoms with Gasteiger partial charge in [0.25, 0.3) is 0 Å². The second kappa shape index (κ2) is 12.6. The largest absolute Gasteiger partial charge is 0.376 e. The van der Waals surface area contributed by atoms with Gasteiger partial charge >= 0.3 is 6.85 Å². The lowest BCUT2D eigenvalue weighted by molar-refractivity contribution is 0.331. The molecule has 0 fully saturated rings. The molecule has 8 aromatic rings. The van der Waals surface area contributed by atoms with Crippen molar-refractivity contribution in [2.45, 2.75) is 142 Å². The minimum absolute atomic E-state index is 0.0249. The van der Waals surface area contributed by atoms with E-state index in [1.807, 2.05) is 0 Å². The Balaban J connectivity index is 1.16. The quantitative estimate of drug-likeness (QED) is 0.149. The molecule has 2 aliphatic heterocycles. The van der Waals surface area contributed by atoms with Gasteiger partial charge in [0, 0.05) is 44.2 Å². The average Bonchev–Trinajstić information content (AvgIpc) is 3.81. The number of fused-ring (bicyclic) bond motifs is 15. The summed E-state index contributed by atoms with van der Waals surface area (Å²) in [5.74, 6) is 0. The minimum atomic E-state index is -0.156. The van der Waals surface area contributed by atoms with Crippen LogP contribution in [0.2, 0.25) is 0 Å². The molecule has 0 amide bonds. The van der Waals surface area contributed by atoms with Crippen molar-refractivity contribution in [2.75, 3.05) is 4.81 Å². The third-order valence-electron chi connectivity index (χ3n) is 18.0. The number of rotatable bonds is 1. The molecule has 0 N–H and O–H groups in total. The van der Waals surface area contributed by atoms with Crippen LogP contribution in [0.3, 0.4) is 0 Å². The summed E-state index contributed by atoms with van der Waals surface area (Å²) in [5, 5.41) is 2.67. The molecule has 0 saturated heterocycles. The monoisotopic (exact) mass is 873 g/mol. The molecule has 0 atom stereocenters. The average molecular weight is 873 g/mol. The molecule has 0 radical (unpaired) electrons. The predicted octanol–water partition coefficient (Wildman–Crippen LogP) is 15.6. The Kier molecular flexibility index (Phi) is 7.81. The number of nitrogens with zero attached hydrogens (tertiary/aromatic N) is 2. The summed E-state index contributed by atoms with van der Waals surface area (Å²) in [5.41, 5.74) is 29.1. The third kappa shape index (κ3) is 5.30. The molecule has 0 saturated carbocycles. The molecule has 0 spiro atoms. The summed E-state index contributed by atoms with van der Waals surface area (Å²) in [7, 11) is 0. The van der Waals surface area contributed by atoms with Gasteiger partial charge in [0.1, 0.15) is 0 Å². The van der Waals surface area contributed by atoms with E-state index in [-0.39, 0.29) is 39.3 Å². The van der Waals surface area contributed by atoms with Crippen molar-refractivity contribution in [3.05, 3.63) is 160 Å². The Morgan fingerprint density at radius 2 is 1.03 bits per heavy atom. The first kappa shape index (κ1) is 41.4. The topological polar surface area (TPSA) is 8.17 Å². The van der Waals surface area contributed by atoms with Gasteiger partial charge in [0.2, 0.25) is 0 Å². The zero-order chi connectivity index (χ0) is 46.9. The van der Waals surface area contributed by atoms with Gasteiger partial charge in [-0.05, 0) is 166 Å². The number of hydrogen-bond donors (Lipinski definition) is 0. The fraction of sp³-hybridized carbons (Fsp3) is 0.344. The first-order valence-corrected chi connectivity index (χ1v) is 25.2. The molecule has 3 heterocycles. The molecule has 3 aliphatic carbocycles. The van der Waals surface area contributed by atoms with Crippen molar-refractivity contribution in [1.29, 1.82) is 0 Å². The van der Waals surface area contributed by atoms with Gasteiger partial charge in [0.05, 0.1) is 11.0 Å². The van der Waals surface area contributed by atoms with Crippen LogP contribution in [0.25, 0.3) is 60.9 Å². The molecular weight excluding hydrogens is 808 g/mol. The van der Waals surface area contributed by atoms with E-state index in [1.54, 1.807) is 5.56 Å². The number of aromatic nitrogens is 1. The van der Waals surface area contributed by atoms with E-state index >= 15 is 0 Å². The molecule has 1 aromatic heterocycles. The number of hydrogen-bond acceptors (Lipinski definition) is 1. The maximum Gasteiger partial charge on any atom is 0.333 e. The smallest absolute Gasteiger partial charge is 0.333 e. The van der Waals surface area contributed by atoms with Gasteiger partial charge in [-0.15, -0.1) is 0 Å². The second-order valence-electron chi connectivity index (χ2n) is 25.7. The normalized spacial score (nSPS) is 18.3. The summed E-state index contributed by atoms with van der Waals surface area (Å²) in [6, 6.07) is 46.8. The second-order valence-corrected chi connectivity index (χ2v) is 25.7. The number of anilines is 2. The highest BCUT2D eigenvalue weighted by Crippen LogP contribution is 2.58. The van der Waals surface area contributed by atoms with E-state index in [9.17, 15) is 0 Å². The van der Waals surface area contributed by atoms with E-state index < -0.39 is 0 Å². The summed E-state index contributed by atoms with van der Waals surface area (Å²) in [4.78, 5) is 2.76. The Bertz CT molecular complexity index is 3540. The van der Waals surface area contributed by atoms with Crippen LogP contribution in [0.5, 0.6) is 0 Å². The minimum Gasteiger partial charge on any atom is -0.376 e. The van der Waals surface area contributed by atoms with Crippen molar-refractivity contribution in [3.63, 3.8) is 0 Å². The molecule has 0 unspecified atom stereocenters. The SMILES string of the molecule is CC(C)(C)c1ccc(N2B3c4cc(C(C)(C)C)ccc4-n4c5cc6c(cc5c5ccc(c3c54)-c3cc4c(cc32)-c2cc3c(cc2C4(C)C)C(C)(C)CCC3(C)C)-c2ccccc2C6(C)C)cc1. The highest BCUT2D eigenvalue weighted by molar-refractivity contribution is 6.93. The lowest BCUT2D eigenvalue weighted by atomic mass is 9.43. The highest BCUT2D eigenvalue weighted by atomic mass is 15.1. The zero-order valence-corrected chi connectivity index (χ0v) is 42.4. The van der Waals surface area contributed by atoms with Gasteiger partial charge < -0.3 is 9.38 Å². The van der Waals surface area contributed by atoms with Crippen LogP contribution in [-0.4, -0.2) is 11.4 Å². The van der Waals surface area contributed by atoms with Crippen molar-refractivity contribution in [3.8, 4) is 39.1 Å². The van der Waals surface area contributed by atoms with E-state index in [0.717, 1.165) is 0 Å². The van der Waals surface area contributed by atoms with Crippen molar-refractivity contribution < 1.29 is 0 Å². The van der Waals surface area contributed by atoms with Crippen LogP contribution in [0.1, 0.15) is 154 Å². The van der Waals surface area contributed by atoms with Gasteiger partial charge in [0.15, 0.2) is 0 Å². The van der Waals surface area contributed by atoms with E-state index in [2.05, 4.69) is 222 Å². The van der Waals surface area contributed by atoms with Gasteiger partial charge in [-0.3, -0.25) is 0 Å². The summed E-state index contributed by atoms with van der Waals surface area (Å²) in [6.07, 6.45) is 2.42.